The number of likely N-dealkylation sites (N-methyl/N-ethyl adjacent to an activating group) is 1. The van der Waals surface area contributed by atoms with Gasteiger partial charge in [0.1, 0.15) is 6.10 Å². The summed E-state index contributed by atoms with van der Waals surface area (Å²) in [6, 6.07) is 0. The lowest BCUT2D eigenvalue weighted by Gasteiger charge is -2.36. The average molecular weight is 563 g/mol. The number of unbranched alkanes of at least 4 members (excludes halogenated alkanes) is 13. The van der Waals surface area contributed by atoms with Crippen molar-refractivity contribution in [1.29, 1.82) is 0 Å². The number of carbonyl (C=O) groups is 1. The Bertz CT molecular complexity index is 688. The van der Waals surface area contributed by atoms with Crippen LogP contribution in [0, 0.1) is 0 Å². The Balaban J connectivity index is 1.52. The standard InChI is InChI=1S/C29H57NO7P/c1-5-8-9-10-11-12-13-14-15-16-17-18-19-20-23-33-24-27(35-26(4)31)25-34-38(32)36-28-21-22-30(6-2,7-3)29(28)37-38/h27-29H,5-25H2,1-4H3/q+1. The molecule has 4 atom stereocenters. The molecule has 2 fully saturated rings. The van der Waals surface area contributed by atoms with E-state index in [4.69, 9.17) is 23.0 Å². The number of rotatable bonds is 23. The molecule has 0 radical (unpaired) electrons. The van der Waals surface area contributed by atoms with E-state index in [9.17, 15) is 9.36 Å². The van der Waals surface area contributed by atoms with Crippen molar-refractivity contribution in [3.8, 4) is 0 Å². The first-order valence-corrected chi connectivity index (χ1v) is 17.1. The normalized spacial score (nSPS) is 24.9. The van der Waals surface area contributed by atoms with Crippen LogP contribution in [0.2, 0.25) is 0 Å². The molecule has 0 bridgehead atoms. The molecular weight excluding hydrogens is 505 g/mol. The number of quaternary nitrogens is 1. The number of phosphoric acid groups is 1. The molecule has 2 heterocycles. The first-order valence-electron chi connectivity index (χ1n) is 15.6. The van der Waals surface area contributed by atoms with Gasteiger partial charge in [-0.05, 0) is 20.3 Å². The summed E-state index contributed by atoms with van der Waals surface area (Å²) in [6.07, 6.45) is 18.1. The van der Waals surface area contributed by atoms with Gasteiger partial charge in [-0.1, -0.05) is 90.4 Å². The van der Waals surface area contributed by atoms with E-state index in [1.807, 2.05) is 0 Å². The van der Waals surface area contributed by atoms with Gasteiger partial charge in [-0.25, -0.2) is 9.09 Å². The summed E-state index contributed by atoms with van der Waals surface area (Å²) in [5, 5.41) is 0. The van der Waals surface area contributed by atoms with Crippen molar-refractivity contribution in [2.45, 2.75) is 142 Å². The van der Waals surface area contributed by atoms with Crippen molar-refractivity contribution in [3.63, 3.8) is 0 Å². The molecule has 0 N–H and O–H groups in total. The second kappa shape index (κ2) is 18.8. The molecule has 0 saturated carbocycles. The Kier molecular flexibility index (Phi) is 16.7. The van der Waals surface area contributed by atoms with Crippen molar-refractivity contribution in [3.05, 3.63) is 0 Å². The monoisotopic (exact) mass is 562 g/mol. The van der Waals surface area contributed by atoms with Gasteiger partial charge in [0, 0.05) is 20.0 Å². The second-order valence-corrected chi connectivity index (χ2v) is 12.7. The first kappa shape index (κ1) is 33.7. The lowest BCUT2D eigenvalue weighted by atomic mass is 10.0. The summed E-state index contributed by atoms with van der Waals surface area (Å²) in [4.78, 5) is 11.6. The molecule has 2 aliphatic heterocycles. The van der Waals surface area contributed by atoms with Crippen LogP contribution in [0.25, 0.3) is 0 Å². The quantitative estimate of drug-likeness (QED) is 0.0551. The van der Waals surface area contributed by atoms with Gasteiger partial charge in [-0.3, -0.25) is 18.3 Å². The maximum atomic E-state index is 13.1. The molecular formula is C29H57NO7P+. The van der Waals surface area contributed by atoms with Crippen molar-refractivity contribution in [2.75, 3.05) is 39.5 Å². The van der Waals surface area contributed by atoms with E-state index in [1.165, 1.54) is 84.0 Å². The number of carbonyl (C=O) groups excluding carboxylic acids is 1. The Morgan fingerprint density at radius 1 is 0.842 bits per heavy atom. The SMILES string of the molecule is CCCCCCCCCCCCCCCCOCC(COP1(=O)OC2CC[N+](CC)(CC)C2O1)OC(C)=O. The summed E-state index contributed by atoms with van der Waals surface area (Å²) < 4.78 is 42.1. The molecule has 38 heavy (non-hydrogen) atoms. The minimum Gasteiger partial charge on any atom is -0.458 e. The molecule has 9 heteroatoms. The summed E-state index contributed by atoms with van der Waals surface area (Å²) >= 11 is 0. The van der Waals surface area contributed by atoms with E-state index in [0.717, 1.165) is 43.4 Å². The number of ether oxygens (including phenoxy) is 2. The minimum absolute atomic E-state index is 0.0761. The fourth-order valence-electron chi connectivity index (χ4n) is 5.70. The Labute approximate surface area is 232 Å². The summed E-state index contributed by atoms with van der Waals surface area (Å²) in [6.45, 7) is 11.3. The van der Waals surface area contributed by atoms with Gasteiger partial charge in [0.25, 0.3) is 0 Å². The molecule has 4 unspecified atom stereocenters. The lowest BCUT2D eigenvalue weighted by molar-refractivity contribution is -0.953. The molecule has 0 amide bonds. The highest BCUT2D eigenvalue weighted by molar-refractivity contribution is 7.48. The van der Waals surface area contributed by atoms with Crippen molar-refractivity contribution in [2.24, 2.45) is 0 Å². The highest BCUT2D eigenvalue weighted by atomic mass is 31.2. The topological polar surface area (TPSA) is 80.3 Å². The van der Waals surface area contributed by atoms with Crippen LogP contribution >= 0.6 is 7.82 Å². The Hall–Kier alpha value is -0.500. The lowest BCUT2D eigenvalue weighted by Crippen LogP contribution is -2.53. The van der Waals surface area contributed by atoms with E-state index in [-0.39, 0.29) is 25.5 Å². The number of fused-ring (bicyclic) bond motifs is 1. The molecule has 2 rings (SSSR count). The number of hydrogen-bond donors (Lipinski definition) is 0. The predicted molar refractivity (Wildman–Crippen MR) is 151 cm³/mol. The Morgan fingerprint density at radius 2 is 1.39 bits per heavy atom. The second-order valence-electron chi connectivity index (χ2n) is 11.1. The van der Waals surface area contributed by atoms with Crippen LogP contribution in [-0.4, -0.2) is 68.3 Å². The molecule has 2 saturated heterocycles. The molecule has 0 aromatic rings. The molecule has 2 aliphatic rings. The third-order valence-corrected chi connectivity index (χ3v) is 9.64. The van der Waals surface area contributed by atoms with E-state index >= 15 is 0 Å². The van der Waals surface area contributed by atoms with Gasteiger partial charge in [0.05, 0.1) is 32.8 Å². The van der Waals surface area contributed by atoms with E-state index in [1.54, 1.807) is 0 Å². The summed E-state index contributed by atoms with van der Waals surface area (Å²) in [5.41, 5.74) is 0. The third-order valence-electron chi connectivity index (χ3n) is 8.18. The van der Waals surface area contributed by atoms with Crippen LogP contribution in [0.3, 0.4) is 0 Å². The van der Waals surface area contributed by atoms with E-state index in [0.29, 0.717) is 6.61 Å². The molecule has 224 valence electrons. The molecule has 0 spiro atoms. The van der Waals surface area contributed by atoms with E-state index < -0.39 is 19.9 Å². The first-order chi connectivity index (χ1) is 18.4. The molecule has 0 aliphatic carbocycles. The van der Waals surface area contributed by atoms with Gasteiger partial charge in [-0.15, -0.1) is 0 Å². The minimum atomic E-state index is -3.69. The van der Waals surface area contributed by atoms with Crippen molar-refractivity contribution >= 4 is 13.8 Å². The summed E-state index contributed by atoms with van der Waals surface area (Å²) in [7, 11) is -3.69. The van der Waals surface area contributed by atoms with Gasteiger partial charge >= 0.3 is 13.8 Å². The van der Waals surface area contributed by atoms with Crippen molar-refractivity contribution in [1.82, 2.24) is 0 Å². The van der Waals surface area contributed by atoms with Crippen LogP contribution in [0.15, 0.2) is 0 Å². The number of esters is 1. The maximum absolute atomic E-state index is 13.1. The zero-order valence-corrected chi connectivity index (χ0v) is 25.7. The third kappa shape index (κ3) is 11.9. The van der Waals surface area contributed by atoms with Gasteiger partial charge in [0.2, 0.25) is 6.23 Å². The van der Waals surface area contributed by atoms with Crippen LogP contribution in [0.4, 0.5) is 0 Å². The van der Waals surface area contributed by atoms with Crippen LogP contribution in [0.5, 0.6) is 0 Å². The zero-order chi connectivity index (χ0) is 27.7. The number of hydrogen-bond acceptors (Lipinski definition) is 7. The van der Waals surface area contributed by atoms with Gasteiger partial charge in [-0.2, -0.15) is 0 Å². The average Bonchev–Trinajstić information content (AvgIpc) is 3.41. The number of likely N-dealkylation sites (tertiary alicyclic amines) is 1. The summed E-state index contributed by atoms with van der Waals surface area (Å²) in [5.74, 6) is -0.422. The van der Waals surface area contributed by atoms with Crippen LogP contribution in [-0.2, 0) is 32.4 Å². The largest absolute Gasteiger partial charge is 0.480 e. The van der Waals surface area contributed by atoms with Gasteiger partial charge < -0.3 is 9.47 Å². The fourth-order valence-corrected chi connectivity index (χ4v) is 7.36. The van der Waals surface area contributed by atoms with Crippen LogP contribution in [0.1, 0.15) is 124 Å². The smallest absolute Gasteiger partial charge is 0.458 e. The predicted octanol–water partition coefficient (Wildman–Crippen LogP) is 7.54. The van der Waals surface area contributed by atoms with Crippen LogP contribution < -0.4 is 0 Å². The Morgan fingerprint density at radius 3 is 1.92 bits per heavy atom. The molecule has 8 nitrogen and oxygen atoms in total. The number of nitrogens with zero attached hydrogens (tertiary/aromatic N) is 1. The van der Waals surface area contributed by atoms with Crippen molar-refractivity contribution < 1.29 is 36.9 Å². The maximum Gasteiger partial charge on any atom is 0.480 e. The zero-order valence-electron chi connectivity index (χ0n) is 24.8. The van der Waals surface area contributed by atoms with Gasteiger partial charge in [0.15, 0.2) is 6.10 Å². The highest BCUT2D eigenvalue weighted by Gasteiger charge is 2.59. The van der Waals surface area contributed by atoms with E-state index in [2.05, 4.69) is 20.8 Å². The highest BCUT2D eigenvalue weighted by Crippen LogP contribution is 2.61. The molecule has 0 aromatic carbocycles. The fraction of sp³-hybridized carbons (Fsp3) is 0.966. The number of phosphoric ester groups is 1. The molecule has 0 aromatic heterocycles.